The summed E-state index contributed by atoms with van der Waals surface area (Å²) in [5.41, 5.74) is 5.46. The minimum absolute atomic E-state index is 0.155. The first-order chi connectivity index (χ1) is 5.72. The van der Waals surface area contributed by atoms with Crippen molar-refractivity contribution in [2.75, 3.05) is 13.2 Å². The molecule has 0 aromatic carbocycles. The van der Waals surface area contributed by atoms with Gasteiger partial charge in [0.2, 0.25) is 0 Å². The summed E-state index contributed by atoms with van der Waals surface area (Å²) in [7, 11) is 0. The van der Waals surface area contributed by atoms with Gasteiger partial charge in [-0.2, -0.15) is 0 Å². The van der Waals surface area contributed by atoms with E-state index in [1.54, 1.807) is 0 Å². The molecule has 0 amide bonds. The van der Waals surface area contributed by atoms with Crippen molar-refractivity contribution in [2.45, 2.75) is 25.0 Å². The zero-order chi connectivity index (χ0) is 8.97. The molecule has 5 N–H and O–H groups in total. The Balaban J connectivity index is 2.14. The van der Waals surface area contributed by atoms with Crippen LogP contribution in [-0.4, -0.2) is 41.5 Å². The normalized spacial score (nSPS) is 20.7. The van der Waals surface area contributed by atoms with Gasteiger partial charge in [0.05, 0.1) is 19.3 Å². The van der Waals surface area contributed by atoms with Gasteiger partial charge in [0.15, 0.2) is 5.96 Å². The molecule has 1 saturated carbocycles. The number of aliphatic hydroxyl groups excluding tert-OH is 2. The minimum atomic E-state index is -0.801. The van der Waals surface area contributed by atoms with Gasteiger partial charge in [-0.1, -0.05) is 0 Å². The van der Waals surface area contributed by atoms with Gasteiger partial charge in [-0.15, -0.1) is 0 Å². The van der Waals surface area contributed by atoms with E-state index >= 15 is 0 Å². The van der Waals surface area contributed by atoms with Gasteiger partial charge in [-0.3, -0.25) is 4.99 Å². The molecule has 70 valence electrons. The fourth-order valence-electron chi connectivity index (χ4n) is 0.744. The second-order valence-electron chi connectivity index (χ2n) is 2.98. The van der Waals surface area contributed by atoms with Gasteiger partial charge < -0.3 is 21.3 Å². The standard InChI is InChI=1S/C7H15N3O2/c8-7(10-5-1-2-5)9-3-6(12)4-11/h5-6,11-12H,1-4H2,(H3,8,9,10). The first-order valence-electron chi connectivity index (χ1n) is 4.07. The van der Waals surface area contributed by atoms with Crippen LogP contribution >= 0.6 is 0 Å². The van der Waals surface area contributed by atoms with E-state index in [0.717, 1.165) is 12.8 Å². The highest BCUT2D eigenvalue weighted by Crippen LogP contribution is 2.17. The number of guanidine groups is 1. The van der Waals surface area contributed by atoms with E-state index in [2.05, 4.69) is 10.3 Å². The highest BCUT2D eigenvalue weighted by atomic mass is 16.3. The van der Waals surface area contributed by atoms with Gasteiger partial charge in [0.25, 0.3) is 0 Å². The number of nitrogens with two attached hydrogens (primary N) is 1. The summed E-state index contributed by atoms with van der Waals surface area (Å²) >= 11 is 0. The third kappa shape index (κ3) is 3.54. The maximum absolute atomic E-state index is 8.92. The van der Waals surface area contributed by atoms with Crippen molar-refractivity contribution < 1.29 is 10.2 Å². The lowest BCUT2D eigenvalue weighted by molar-refractivity contribution is 0.102. The van der Waals surface area contributed by atoms with Gasteiger partial charge in [-0.05, 0) is 12.8 Å². The third-order valence-corrected chi connectivity index (χ3v) is 1.61. The summed E-state index contributed by atoms with van der Waals surface area (Å²) in [6.07, 6.45) is 1.47. The van der Waals surface area contributed by atoms with Crippen LogP contribution in [0.1, 0.15) is 12.8 Å². The summed E-state index contributed by atoms with van der Waals surface area (Å²) in [5.74, 6) is 0.352. The molecular formula is C7H15N3O2. The van der Waals surface area contributed by atoms with Crippen molar-refractivity contribution in [3.05, 3.63) is 0 Å². The second kappa shape index (κ2) is 4.27. The molecule has 0 saturated heterocycles. The van der Waals surface area contributed by atoms with Crippen LogP contribution in [0.3, 0.4) is 0 Å². The monoisotopic (exact) mass is 173 g/mol. The van der Waals surface area contributed by atoms with Crippen molar-refractivity contribution in [1.29, 1.82) is 0 Å². The van der Waals surface area contributed by atoms with Crippen LogP contribution < -0.4 is 11.1 Å². The van der Waals surface area contributed by atoms with Crippen LogP contribution in [0.2, 0.25) is 0 Å². The predicted molar refractivity (Wildman–Crippen MR) is 45.7 cm³/mol. The maximum Gasteiger partial charge on any atom is 0.188 e. The van der Waals surface area contributed by atoms with Gasteiger partial charge in [0, 0.05) is 6.04 Å². The van der Waals surface area contributed by atoms with E-state index in [-0.39, 0.29) is 13.2 Å². The molecule has 5 nitrogen and oxygen atoms in total. The summed E-state index contributed by atoms with van der Waals surface area (Å²) in [5, 5.41) is 20.3. The van der Waals surface area contributed by atoms with Crippen molar-refractivity contribution >= 4 is 5.96 Å². The number of hydrogen-bond acceptors (Lipinski definition) is 3. The zero-order valence-corrected chi connectivity index (χ0v) is 6.90. The van der Waals surface area contributed by atoms with Crippen LogP contribution in [0.25, 0.3) is 0 Å². The van der Waals surface area contributed by atoms with E-state index in [0.29, 0.717) is 12.0 Å². The predicted octanol–water partition coefficient (Wildman–Crippen LogP) is -1.59. The van der Waals surface area contributed by atoms with E-state index in [1.165, 1.54) is 0 Å². The molecule has 1 aliphatic rings. The Hall–Kier alpha value is -0.810. The van der Waals surface area contributed by atoms with Crippen LogP contribution in [-0.2, 0) is 0 Å². The fraction of sp³-hybridized carbons (Fsp3) is 0.857. The molecule has 12 heavy (non-hydrogen) atoms. The van der Waals surface area contributed by atoms with Gasteiger partial charge >= 0.3 is 0 Å². The molecule has 0 radical (unpaired) electrons. The Morgan fingerprint density at radius 2 is 2.33 bits per heavy atom. The van der Waals surface area contributed by atoms with Crippen LogP contribution in [0.4, 0.5) is 0 Å². The Morgan fingerprint density at radius 1 is 1.67 bits per heavy atom. The number of rotatable bonds is 4. The molecule has 0 aromatic rings. The molecule has 0 aromatic heterocycles. The smallest absolute Gasteiger partial charge is 0.188 e. The molecule has 1 rings (SSSR count). The quantitative estimate of drug-likeness (QED) is 0.304. The summed E-state index contributed by atoms with van der Waals surface area (Å²) in [6, 6.07) is 0.472. The Kier molecular flexibility index (Phi) is 3.31. The highest BCUT2D eigenvalue weighted by Gasteiger charge is 2.21. The summed E-state index contributed by atoms with van der Waals surface area (Å²) in [4.78, 5) is 3.85. The van der Waals surface area contributed by atoms with Gasteiger partial charge in [0.1, 0.15) is 0 Å². The molecular weight excluding hydrogens is 158 g/mol. The second-order valence-corrected chi connectivity index (χ2v) is 2.98. The Labute approximate surface area is 71.3 Å². The Morgan fingerprint density at radius 3 is 2.83 bits per heavy atom. The molecule has 1 fully saturated rings. The zero-order valence-electron chi connectivity index (χ0n) is 6.90. The average molecular weight is 173 g/mol. The molecule has 0 bridgehead atoms. The van der Waals surface area contributed by atoms with Crippen LogP contribution in [0.5, 0.6) is 0 Å². The van der Waals surface area contributed by atoms with Gasteiger partial charge in [-0.25, -0.2) is 0 Å². The number of nitrogens with one attached hydrogen (secondary N) is 1. The third-order valence-electron chi connectivity index (χ3n) is 1.61. The largest absolute Gasteiger partial charge is 0.394 e. The number of hydrogen-bond donors (Lipinski definition) is 4. The molecule has 0 heterocycles. The molecule has 1 unspecified atom stereocenters. The molecule has 1 aliphatic carbocycles. The number of aliphatic imine (C=N–C) groups is 1. The van der Waals surface area contributed by atoms with E-state index in [9.17, 15) is 0 Å². The lowest BCUT2D eigenvalue weighted by Gasteiger charge is -2.05. The minimum Gasteiger partial charge on any atom is -0.394 e. The Bertz CT molecular complexity index is 168. The van der Waals surface area contributed by atoms with Crippen LogP contribution in [0.15, 0.2) is 4.99 Å². The summed E-state index contributed by atoms with van der Waals surface area (Å²) in [6.45, 7) is -0.123. The SMILES string of the molecule is NC(=NCC(O)CO)NC1CC1. The number of nitrogens with zero attached hydrogens (tertiary/aromatic N) is 1. The topological polar surface area (TPSA) is 90.9 Å². The number of aliphatic hydroxyl groups is 2. The van der Waals surface area contributed by atoms with E-state index < -0.39 is 6.10 Å². The van der Waals surface area contributed by atoms with Crippen molar-refractivity contribution in [2.24, 2.45) is 10.7 Å². The summed E-state index contributed by atoms with van der Waals surface area (Å²) < 4.78 is 0. The fourth-order valence-corrected chi connectivity index (χ4v) is 0.744. The first-order valence-corrected chi connectivity index (χ1v) is 4.07. The van der Waals surface area contributed by atoms with Crippen molar-refractivity contribution in [3.63, 3.8) is 0 Å². The average Bonchev–Trinajstić information content (AvgIpc) is 2.84. The molecule has 0 spiro atoms. The molecule has 5 heteroatoms. The van der Waals surface area contributed by atoms with Crippen molar-refractivity contribution in [3.8, 4) is 0 Å². The molecule has 1 atom stereocenters. The lowest BCUT2D eigenvalue weighted by Crippen LogP contribution is -2.34. The lowest BCUT2D eigenvalue weighted by atomic mass is 10.4. The van der Waals surface area contributed by atoms with Crippen LogP contribution in [0, 0.1) is 0 Å². The van der Waals surface area contributed by atoms with E-state index in [1.807, 2.05) is 0 Å². The molecule has 0 aliphatic heterocycles. The first kappa shape index (κ1) is 9.28. The van der Waals surface area contributed by atoms with Crippen molar-refractivity contribution in [1.82, 2.24) is 5.32 Å². The van der Waals surface area contributed by atoms with E-state index in [4.69, 9.17) is 15.9 Å². The maximum atomic E-state index is 8.92. The highest BCUT2D eigenvalue weighted by molar-refractivity contribution is 5.78.